The van der Waals surface area contributed by atoms with Crippen LogP contribution in [0.3, 0.4) is 0 Å². The second-order valence-electron chi connectivity index (χ2n) is 5.01. The highest BCUT2D eigenvalue weighted by Gasteiger charge is 2.15. The lowest BCUT2D eigenvalue weighted by molar-refractivity contribution is 0.600. The average molecular weight is 303 g/mol. The van der Waals surface area contributed by atoms with E-state index in [1.165, 1.54) is 0 Å². The van der Waals surface area contributed by atoms with E-state index < -0.39 is 10.0 Å². The van der Waals surface area contributed by atoms with Crippen molar-refractivity contribution in [2.75, 3.05) is 4.72 Å². The van der Waals surface area contributed by atoms with Gasteiger partial charge in [0.25, 0.3) is 0 Å². The Morgan fingerprint density at radius 1 is 0.857 bits per heavy atom. The van der Waals surface area contributed by atoms with Gasteiger partial charge in [0.05, 0.1) is 11.4 Å². The van der Waals surface area contributed by atoms with E-state index in [2.05, 4.69) is 4.72 Å². The van der Waals surface area contributed by atoms with Gasteiger partial charge in [-0.05, 0) is 29.5 Å². The summed E-state index contributed by atoms with van der Waals surface area (Å²) < 4.78 is 27.6. The number of hydrogen-bond acceptors (Lipinski definition) is 2. The Labute approximate surface area is 127 Å². The van der Waals surface area contributed by atoms with E-state index >= 15 is 0 Å². The van der Waals surface area contributed by atoms with Crippen molar-refractivity contribution in [1.82, 2.24) is 0 Å². The van der Waals surface area contributed by atoms with E-state index in [0.29, 0.717) is 0 Å². The number of benzene rings is 2. The molecular formula is C17H21NO2S. The number of sulfonamides is 1. The minimum atomic E-state index is -3.40. The molecule has 4 heteroatoms. The molecule has 0 atom stereocenters. The van der Waals surface area contributed by atoms with Gasteiger partial charge in [-0.3, -0.25) is 4.72 Å². The van der Waals surface area contributed by atoms with Gasteiger partial charge in [0.2, 0.25) is 10.0 Å². The maximum atomic E-state index is 12.4. The molecular weight excluding hydrogens is 282 g/mol. The lowest BCUT2D eigenvalue weighted by Gasteiger charge is -2.15. The predicted molar refractivity (Wildman–Crippen MR) is 87.9 cm³/mol. The van der Waals surface area contributed by atoms with E-state index in [1.807, 2.05) is 62.4 Å². The fraction of sp³-hybridized carbons (Fsp3) is 0.294. The first-order chi connectivity index (χ1) is 10.1. The smallest absolute Gasteiger partial charge is 0.236 e. The third-order valence-electron chi connectivity index (χ3n) is 3.46. The van der Waals surface area contributed by atoms with Crippen LogP contribution in [-0.2, 0) is 28.6 Å². The van der Waals surface area contributed by atoms with Crippen molar-refractivity contribution in [2.45, 2.75) is 32.4 Å². The summed E-state index contributed by atoms with van der Waals surface area (Å²) in [5.74, 6) is -0.00492. The standard InChI is InChI=1S/C17H21NO2S/c1-3-15-11-8-12-16(4-2)17(15)18-21(19,20)13-14-9-6-5-7-10-14/h5-12,18H,3-4,13H2,1-2H3. The highest BCUT2D eigenvalue weighted by Crippen LogP contribution is 2.24. The van der Waals surface area contributed by atoms with Crippen LogP contribution in [0.4, 0.5) is 5.69 Å². The molecule has 21 heavy (non-hydrogen) atoms. The molecule has 0 radical (unpaired) electrons. The highest BCUT2D eigenvalue weighted by atomic mass is 32.2. The SMILES string of the molecule is CCc1cccc(CC)c1NS(=O)(=O)Cc1ccccc1. The average Bonchev–Trinajstić information content (AvgIpc) is 2.47. The number of rotatable bonds is 6. The Morgan fingerprint density at radius 3 is 1.95 bits per heavy atom. The molecule has 0 bridgehead atoms. The Bertz CT molecular complexity index is 672. The quantitative estimate of drug-likeness (QED) is 0.883. The fourth-order valence-corrected chi connectivity index (χ4v) is 3.64. The molecule has 0 amide bonds. The van der Waals surface area contributed by atoms with Crippen molar-refractivity contribution >= 4 is 15.7 Å². The molecule has 0 fully saturated rings. The molecule has 0 unspecified atom stereocenters. The summed E-state index contributed by atoms with van der Waals surface area (Å²) in [4.78, 5) is 0. The molecule has 1 N–H and O–H groups in total. The highest BCUT2D eigenvalue weighted by molar-refractivity contribution is 7.91. The fourth-order valence-electron chi connectivity index (χ4n) is 2.36. The second kappa shape index (κ2) is 6.76. The van der Waals surface area contributed by atoms with E-state index in [9.17, 15) is 8.42 Å². The summed E-state index contributed by atoms with van der Waals surface area (Å²) in [7, 11) is -3.40. The summed E-state index contributed by atoms with van der Waals surface area (Å²) in [6.07, 6.45) is 1.61. The van der Waals surface area contributed by atoms with Crippen LogP contribution in [0.25, 0.3) is 0 Å². The van der Waals surface area contributed by atoms with Crippen LogP contribution in [0, 0.1) is 0 Å². The third-order valence-corrected chi connectivity index (χ3v) is 4.68. The van der Waals surface area contributed by atoms with E-state index in [-0.39, 0.29) is 5.75 Å². The Morgan fingerprint density at radius 2 is 1.43 bits per heavy atom. The van der Waals surface area contributed by atoms with Gasteiger partial charge in [-0.1, -0.05) is 62.4 Å². The van der Waals surface area contributed by atoms with E-state index in [4.69, 9.17) is 0 Å². The zero-order valence-corrected chi connectivity index (χ0v) is 13.3. The largest absolute Gasteiger partial charge is 0.283 e. The molecule has 0 aliphatic rings. The minimum Gasteiger partial charge on any atom is -0.283 e. The summed E-state index contributed by atoms with van der Waals surface area (Å²) in [6, 6.07) is 15.2. The van der Waals surface area contributed by atoms with Crippen molar-refractivity contribution in [3.63, 3.8) is 0 Å². The summed E-state index contributed by atoms with van der Waals surface area (Å²) in [5, 5.41) is 0. The number of aryl methyl sites for hydroxylation is 2. The van der Waals surface area contributed by atoms with Crippen molar-refractivity contribution in [2.24, 2.45) is 0 Å². The molecule has 0 aliphatic carbocycles. The summed E-state index contributed by atoms with van der Waals surface area (Å²) in [5.41, 5.74) is 3.60. The number of hydrogen-bond donors (Lipinski definition) is 1. The van der Waals surface area contributed by atoms with E-state index in [0.717, 1.165) is 35.2 Å². The number of nitrogens with one attached hydrogen (secondary N) is 1. The van der Waals surface area contributed by atoms with Crippen molar-refractivity contribution in [3.05, 3.63) is 65.2 Å². The maximum Gasteiger partial charge on any atom is 0.236 e. The second-order valence-corrected chi connectivity index (χ2v) is 6.73. The van der Waals surface area contributed by atoms with E-state index in [1.54, 1.807) is 0 Å². The van der Waals surface area contributed by atoms with Crippen LogP contribution >= 0.6 is 0 Å². The zero-order valence-electron chi connectivity index (χ0n) is 12.5. The first-order valence-corrected chi connectivity index (χ1v) is 8.86. The van der Waals surface area contributed by atoms with Crippen molar-refractivity contribution in [1.29, 1.82) is 0 Å². The molecule has 112 valence electrons. The van der Waals surface area contributed by atoms with Gasteiger partial charge in [-0.2, -0.15) is 0 Å². The van der Waals surface area contributed by atoms with Crippen LogP contribution in [0.5, 0.6) is 0 Å². The summed E-state index contributed by atoms with van der Waals surface area (Å²) >= 11 is 0. The van der Waals surface area contributed by atoms with Gasteiger partial charge >= 0.3 is 0 Å². The minimum absolute atomic E-state index is 0.00492. The Balaban J connectivity index is 2.28. The molecule has 2 aromatic rings. The van der Waals surface area contributed by atoms with Crippen molar-refractivity contribution < 1.29 is 8.42 Å². The van der Waals surface area contributed by atoms with Crippen LogP contribution in [-0.4, -0.2) is 8.42 Å². The molecule has 0 spiro atoms. The van der Waals surface area contributed by atoms with Crippen LogP contribution in [0.1, 0.15) is 30.5 Å². The molecule has 0 saturated heterocycles. The maximum absolute atomic E-state index is 12.4. The van der Waals surface area contributed by atoms with Crippen LogP contribution in [0.2, 0.25) is 0 Å². The lowest BCUT2D eigenvalue weighted by Crippen LogP contribution is -2.17. The Hall–Kier alpha value is -1.81. The molecule has 0 saturated carbocycles. The number of para-hydroxylation sites is 1. The van der Waals surface area contributed by atoms with Gasteiger partial charge in [-0.15, -0.1) is 0 Å². The van der Waals surface area contributed by atoms with Gasteiger partial charge in [-0.25, -0.2) is 8.42 Å². The normalized spacial score (nSPS) is 11.3. The van der Waals surface area contributed by atoms with Gasteiger partial charge in [0.1, 0.15) is 0 Å². The molecule has 3 nitrogen and oxygen atoms in total. The predicted octanol–water partition coefficient (Wildman–Crippen LogP) is 3.75. The molecule has 0 aliphatic heterocycles. The zero-order chi connectivity index (χ0) is 15.3. The van der Waals surface area contributed by atoms with Gasteiger partial charge in [0.15, 0.2) is 0 Å². The first kappa shape index (κ1) is 15.6. The van der Waals surface area contributed by atoms with Gasteiger partial charge < -0.3 is 0 Å². The first-order valence-electron chi connectivity index (χ1n) is 7.21. The monoisotopic (exact) mass is 303 g/mol. The number of anilines is 1. The molecule has 0 aromatic heterocycles. The molecule has 2 rings (SSSR count). The third kappa shape index (κ3) is 4.08. The molecule has 0 heterocycles. The Kier molecular flexibility index (Phi) is 5.02. The van der Waals surface area contributed by atoms with Gasteiger partial charge in [0, 0.05) is 0 Å². The molecule has 2 aromatic carbocycles. The van der Waals surface area contributed by atoms with Crippen LogP contribution in [0.15, 0.2) is 48.5 Å². The topological polar surface area (TPSA) is 46.2 Å². The summed E-state index contributed by atoms with van der Waals surface area (Å²) in [6.45, 7) is 4.06. The lowest BCUT2D eigenvalue weighted by atomic mass is 10.0. The van der Waals surface area contributed by atoms with Crippen LogP contribution < -0.4 is 4.72 Å². The van der Waals surface area contributed by atoms with Crippen molar-refractivity contribution in [3.8, 4) is 0 Å².